The van der Waals surface area contributed by atoms with Gasteiger partial charge in [0.05, 0.1) is 0 Å². The zero-order chi connectivity index (χ0) is 11.3. The number of benzene rings is 1. The predicted molar refractivity (Wildman–Crippen MR) is 64.0 cm³/mol. The van der Waals surface area contributed by atoms with Crippen molar-refractivity contribution in [2.75, 3.05) is 5.32 Å². The largest absolute Gasteiger partial charge is 0.322 e. The zero-order valence-electron chi connectivity index (χ0n) is 9.29. The summed E-state index contributed by atoms with van der Waals surface area (Å²) < 4.78 is 0. The SMILES string of the molecule is C=CC(=O)Nc1ccccc1C(C)CC. The monoisotopic (exact) mass is 203 g/mol. The van der Waals surface area contributed by atoms with Gasteiger partial charge in [0, 0.05) is 5.69 Å². The molecule has 0 aliphatic heterocycles. The predicted octanol–water partition coefficient (Wildman–Crippen LogP) is 3.32. The van der Waals surface area contributed by atoms with Crippen molar-refractivity contribution >= 4 is 11.6 Å². The molecule has 1 N–H and O–H groups in total. The molecule has 0 aromatic heterocycles. The summed E-state index contributed by atoms with van der Waals surface area (Å²) in [5.74, 6) is 0.289. The van der Waals surface area contributed by atoms with Crippen LogP contribution in [-0.4, -0.2) is 5.91 Å². The second-order valence-electron chi connectivity index (χ2n) is 3.59. The van der Waals surface area contributed by atoms with Crippen molar-refractivity contribution in [2.45, 2.75) is 26.2 Å². The van der Waals surface area contributed by atoms with Crippen molar-refractivity contribution in [3.8, 4) is 0 Å². The topological polar surface area (TPSA) is 29.1 Å². The molecule has 80 valence electrons. The van der Waals surface area contributed by atoms with Crippen LogP contribution in [0.15, 0.2) is 36.9 Å². The molecule has 1 aromatic carbocycles. The van der Waals surface area contributed by atoms with E-state index in [4.69, 9.17) is 0 Å². The summed E-state index contributed by atoms with van der Waals surface area (Å²) >= 11 is 0. The van der Waals surface area contributed by atoms with E-state index in [-0.39, 0.29) is 5.91 Å². The van der Waals surface area contributed by atoms with Gasteiger partial charge in [-0.3, -0.25) is 4.79 Å². The fourth-order valence-electron chi connectivity index (χ4n) is 1.44. The Morgan fingerprint density at radius 1 is 1.53 bits per heavy atom. The fraction of sp³-hybridized carbons (Fsp3) is 0.308. The van der Waals surface area contributed by atoms with Crippen LogP contribution in [0.25, 0.3) is 0 Å². The highest BCUT2D eigenvalue weighted by Crippen LogP contribution is 2.26. The van der Waals surface area contributed by atoms with Crippen LogP contribution >= 0.6 is 0 Å². The molecule has 15 heavy (non-hydrogen) atoms. The number of nitrogens with one attached hydrogen (secondary N) is 1. The number of hydrogen-bond acceptors (Lipinski definition) is 1. The normalized spacial score (nSPS) is 11.9. The third-order valence-electron chi connectivity index (χ3n) is 2.55. The lowest BCUT2D eigenvalue weighted by molar-refractivity contribution is -0.111. The number of carbonyl (C=O) groups is 1. The lowest BCUT2D eigenvalue weighted by atomic mass is 9.97. The lowest BCUT2D eigenvalue weighted by Gasteiger charge is -2.14. The molecule has 1 unspecified atom stereocenters. The Kier molecular flexibility index (Phi) is 4.10. The summed E-state index contributed by atoms with van der Waals surface area (Å²) in [6.07, 6.45) is 2.34. The second kappa shape index (κ2) is 5.35. The Morgan fingerprint density at radius 2 is 2.20 bits per heavy atom. The molecule has 0 fully saturated rings. The van der Waals surface area contributed by atoms with E-state index in [1.807, 2.05) is 24.3 Å². The summed E-state index contributed by atoms with van der Waals surface area (Å²) in [7, 11) is 0. The molecule has 0 aliphatic carbocycles. The molecule has 0 saturated carbocycles. The van der Waals surface area contributed by atoms with E-state index < -0.39 is 0 Å². The summed E-state index contributed by atoms with van der Waals surface area (Å²) in [5.41, 5.74) is 2.06. The number of carbonyl (C=O) groups excluding carboxylic acids is 1. The molecule has 2 heteroatoms. The van der Waals surface area contributed by atoms with Gasteiger partial charge in [-0.1, -0.05) is 38.6 Å². The van der Waals surface area contributed by atoms with Crippen molar-refractivity contribution < 1.29 is 4.79 Å². The molecule has 0 spiro atoms. The maximum absolute atomic E-state index is 11.2. The van der Waals surface area contributed by atoms with Gasteiger partial charge >= 0.3 is 0 Å². The number of anilines is 1. The molecule has 1 amide bonds. The standard InChI is InChI=1S/C13H17NO/c1-4-10(3)11-8-6-7-9-12(11)14-13(15)5-2/h5-10H,2,4H2,1,3H3,(H,14,15). The quantitative estimate of drug-likeness (QED) is 0.747. The minimum absolute atomic E-state index is 0.161. The number of para-hydroxylation sites is 1. The van der Waals surface area contributed by atoms with Gasteiger partial charge in [0.2, 0.25) is 5.91 Å². The summed E-state index contributed by atoms with van der Waals surface area (Å²) in [5, 5.41) is 2.82. The van der Waals surface area contributed by atoms with Gasteiger partial charge in [-0.15, -0.1) is 0 Å². The summed E-state index contributed by atoms with van der Waals surface area (Å²) in [6.45, 7) is 7.73. The third kappa shape index (κ3) is 2.94. The van der Waals surface area contributed by atoms with Crippen molar-refractivity contribution in [1.29, 1.82) is 0 Å². The van der Waals surface area contributed by atoms with E-state index in [1.165, 1.54) is 11.6 Å². The van der Waals surface area contributed by atoms with Gasteiger partial charge in [-0.25, -0.2) is 0 Å². The van der Waals surface area contributed by atoms with Crippen LogP contribution in [0.5, 0.6) is 0 Å². The Hall–Kier alpha value is -1.57. The highest BCUT2D eigenvalue weighted by Gasteiger charge is 2.08. The molecular formula is C13H17NO. The highest BCUT2D eigenvalue weighted by atomic mass is 16.1. The first-order valence-corrected chi connectivity index (χ1v) is 5.21. The van der Waals surface area contributed by atoms with Crippen molar-refractivity contribution in [3.05, 3.63) is 42.5 Å². The van der Waals surface area contributed by atoms with Gasteiger partial charge in [-0.05, 0) is 30.0 Å². The highest BCUT2D eigenvalue weighted by molar-refractivity contribution is 5.99. The zero-order valence-corrected chi connectivity index (χ0v) is 9.29. The van der Waals surface area contributed by atoms with Gasteiger partial charge in [-0.2, -0.15) is 0 Å². The van der Waals surface area contributed by atoms with Crippen LogP contribution in [0.3, 0.4) is 0 Å². The Balaban J connectivity index is 2.95. The molecular weight excluding hydrogens is 186 g/mol. The first-order chi connectivity index (χ1) is 7.19. The average molecular weight is 203 g/mol. The molecule has 0 radical (unpaired) electrons. The van der Waals surface area contributed by atoms with Crippen LogP contribution in [0.4, 0.5) is 5.69 Å². The molecule has 0 aliphatic rings. The Labute approximate surface area is 91.0 Å². The molecule has 0 heterocycles. The smallest absolute Gasteiger partial charge is 0.247 e. The van der Waals surface area contributed by atoms with Crippen molar-refractivity contribution in [3.63, 3.8) is 0 Å². The van der Waals surface area contributed by atoms with Crippen LogP contribution in [0.1, 0.15) is 31.7 Å². The minimum Gasteiger partial charge on any atom is -0.322 e. The maximum atomic E-state index is 11.2. The van der Waals surface area contributed by atoms with Crippen molar-refractivity contribution in [1.82, 2.24) is 0 Å². The minimum atomic E-state index is -0.161. The number of amides is 1. The van der Waals surface area contributed by atoms with Gasteiger partial charge in [0.25, 0.3) is 0 Å². The van der Waals surface area contributed by atoms with Crippen LogP contribution < -0.4 is 5.32 Å². The summed E-state index contributed by atoms with van der Waals surface area (Å²) in [6, 6.07) is 7.88. The first kappa shape index (κ1) is 11.5. The lowest BCUT2D eigenvalue weighted by Crippen LogP contribution is -2.10. The van der Waals surface area contributed by atoms with Crippen LogP contribution in [0, 0.1) is 0 Å². The van der Waals surface area contributed by atoms with Crippen LogP contribution in [0.2, 0.25) is 0 Å². The van der Waals surface area contributed by atoms with E-state index in [0.29, 0.717) is 5.92 Å². The van der Waals surface area contributed by atoms with E-state index in [0.717, 1.165) is 12.1 Å². The molecule has 1 aromatic rings. The van der Waals surface area contributed by atoms with E-state index >= 15 is 0 Å². The van der Waals surface area contributed by atoms with Gasteiger partial charge in [0.15, 0.2) is 0 Å². The van der Waals surface area contributed by atoms with Gasteiger partial charge in [0.1, 0.15) is 0 Å². The van der Waals surface area contributed by atoms with Crippen LogP contribution in [-0.2, 0) is 4.79 Å². The fourth-order valence-corrected chi connectivity index (χ4v) is 1.44. The second-order valence-corrected chi connectivity index (χ2v) is 3.59. The summed E-state index contributed by atoms with van der Waals surface area (Å²) in [4.78, 5) is 11.2. The molecule has 1 rings (SSSR count). The van der Waals surface area contributed by atoms with Crippen molar-refractivity contribution in [2.24, 2.45) is 0 Å². The van der Waals surface area contributed by atoms with E-state index in [2.05, 4.69) is 25.7 Å². The third-order valence-corrected chi connectivity index (χ3v) is 2.55. The number of rotatable bonds is 4. The molecule has 0 bridgehead atoms. The first-order valence-electron chi connectivity index (χ1n) is 5.21. The van der Waals surface area contributed by atoms with E-state index in [1.54, 1.807) is 0 Å². The molecule has 1 atom stereocenters. The van der Waals surface area contributed by atoms with E-state index in [9.17, 15) is 4.79 Å². The maximum Gasteiger partial charge on any atom is 0.247 e. The van der Waals surface area contributed by atoms with Gasteiger partial charge < -0.3 is 5.32 Å². The molecule has 2 nitrogen and oxygen atoms in total. The number of hydrogen-bond donors (Lipinski definition) is 1. The average Bonchev–Trinajstić information content (AvgIpc) is 2.28. The Morgan fingerprint density at radius 3 is 2.80 bits per heavy atom. The molecule has 0 saturated heterocycles. The Bertz CT molecular complexity index is 357.